The normalized spacial score (nSPS) is 19.0. The maximum atomic E-state index is 12.7. The molecule has 0 bridgehead atoms. The second kappa shape index (κ2) is 8.17. The van der Waals surface area contributed by atoms with Crippen molar-refractivity contribution in [3.8, 4) is 0 Å². The predicted octanol–water partition coefficient (Wildman–Crippen LogP) is 3.22. The third kappa shape index (κ3) is 4.79. The van der Waals surface area contributed by atoms with Crippen molar-refractivity contribution in [2.24, 2.45) is 0 Å². The molecule has 6 nitrogen and oxygen atoms in total. The number of imide groups is 1. The smallest absolute Gasteiger partial charge is 0.322 e. The number of amides is 4. The van der Waals surface area contributed by atoms with Gasteiger partial charge >= 0.3 is 12.2 Å². The Labute approximate surface area is 171 Å². The van der Waals surface area contributed by atoms with Crippen molar-refractivity contribution in [3.63, 3.8) is 0 Å². The number of alkyl halides is 3. The van der Waals surface area contributed by atoms with E-state index in [4.69, 9.17) is 0 Å². The molecule has 2 N–H and O–H groups in total. The van der Waals surface area contributed by atoms with Gasteiger partial charge in [-0.1, -0.05) is 42.5 Å². The molecule has 158 valence electrons. The van der Waals surface area contributed by atoms with Gasteiger partial charge in [-0.3, -0.25) is 15.0 Å². The second-order valence-electron chi connectivity index (χ2n) is 7.29. The minimum Gasteiger partial charge on any atom is -0.322 e. The summed E-state index contributed by atoms with van der Waals surface area (Å²) < 4.78 is 37.8. The lowest BCUT2D eigenvalue weighted by Gasteiger charge is -2.21. The Morgan fingerprint density at radius 3 is 2.27 bits per heavy atom. The summed E-state index contributed by atoms with van der Waals surface area (Å²) in [6.45, 7) is 1.58. The third-order valence-corrected chi connectivity index (χ3v) is 4.90. The Morgan fingerprint density at radius 2 is 1.67 bits per heavy atom. The highest BCUT2D eigenvalue weighted by atomic mass is 19.4. The number of hydrazine groups is 1. The number of benzene rings is 2. The van der Waals surface area contributed by atoms with Crippen LogP contribution in [0.4, 0.5) is 18.0 Å². The van der Waals surface area contributed by atoms with Crippen molar-refractivity contribution < 1.29 is 27.6 Å². The van der Waals surface area contributed by atoms with E-state index in [1.54, 1.807) is 6.92 Å². The lowest BCUT2D eigenvalue weighted by atomic mass is 9.93. The number of urea groups is 1. The maximum absolute atomic E-state index is 12.7. The molecular formula is C21H20F3N3O3. The summed E-state index contributed by atoms with van der Waals surface area (Å²) in [5.74, 6) is -1.28. The fourth-order valence-corrected chi connectivity index (χ4v) is 3.16. The van der Waals surface area contributed by atoms with E-state index in [-0.39, 0.29) is 6.42 Å². The van der Waals surface area contributed by atoms with Crippen LogP contribution in [0.5, 0.6) is 0 Å². The van der Waals surface area contributed by atoms with Crippen LogP contribution in [0.25, 0.3) is 0 Å². The summed E-state index contributed by atoms with van der Waals surface area (Å²) in [5.41, 5.74) is 1.56. The molecule has 1 fully saturated rings. The zero-order valence-corrected chi connectivity index (χ0v) is 16.1. The van der Waals surface area contributed by atoms with E-state index in [2.05, 4.69) is 10.7 Å². The van der Waals surface area contributed by atoms with E-state index < -0.39 is 35.1 Å². The van der Waals surface area contributed by atoms with Crippen molar-refractivity contribution in [2.45, 2.75) is 37.9 Å². The number of carbonyl (C=O) groups is 3. The molecular weight excluding hydrogens is 399 g/mol. The van der Waals surface area contributed by atoms with Gasteiger partial charge in [0.05, 0.1) is 12.0 Å². The number of aryl methyl sites for hydroxylation is 1. The minimum atomic E-state index is -4.47. The van der Waals surface area contributed by atoms with Crippen molar-refractivity contribution in [3.05, 3.63) is 71.3 Å². The monoisotopic (exact) mass is 419 g/mol. The van der Waals surface area contributed by atoms with E-state index in [1.807, 2.05) is 30.3 Å². The van der Waals surface area contributed by atoms with Gasteiger partial charge in [0.2, 0.25) is 5.91 Å². The first-order valence-electron chi connectivity index (χ1n) is 9.25. The molecule has 30 heavy (non-hydrogen) atoms. The molecule has 0 saturated carbocycles. The Morgan fingerprint density at radius 1 is 1.03 bits per heavy atom. The Balaban J connectivity index is 1.60. The maximum Gasteiger partial charge on any atom is 0.416 e. The summed E-state index contributed by atoms with van der Waals surface area (Å²) in [4.78, 5) is 37.1. The molecule has 1 saturated heterocycles. The fraction of sp³-hybridized carbons (Fsp3) is 0.286. The fourth-order valence-electron chi connectivity index (χ4n) is 3.16. The van der Waals surface area contributed by atoms with Crippen molar-refractivity contribution >= 4 is 17.8 Å². The van der Waals surface area contributed by atoms with E-state index in [9.17, 15) is 27.6 Å². The highest BCUT2D eigenvalue weighted by molar-refractivity contribution is 6.07. The van der Waals surface area contributed by atoms with Crippen LogP contribution in [-0.4, -0.2) is 28.4 Å². The zero-order chi connectivity index (χ0) is 21.9. The molecule has 0 spiro atoms. The standard InChI is InChI=1S/C21H20F3N3O3/c1-20(12-11-14-5-3-2-4-6-14)18(29)27(19(30)25-20)26-17(28)13-15-7-9-16(10-8-15)21(22,23)24/h2-10H,11-13H2,1H3,(H,25,30)(H,26,28). The second-order valence-corrected chi connectivity index (χ2v) is 7.29. The van der Waals surface area contributed by atoms with Crippen molar-refractivity contribution in [2.75, 3.05) is 0 Å². The highest BCUT2D eigenvalue weighted by Gasteiger charge is 2.48. The van der Waals surface area contributed by atoms with Crippen LogP contribution in [-0.2, 0) is 28.6 Å². The predicted molar refractivity (Wildman–Crippen MR) is 102 cm³/mol. The van der Waals surface area contributed by atoms with Gasteiger partial charge in [0.15, 0.2) is 0 Å². The van der Waals surface area contributed by atoms with E-state index in [0.29, 0.717) is 23.4 Å². The van der Waals surface area contributed by atoms with Gasteiger partial charge in [0.25, 0.3) is 5.91 Å². The molecule has 1 heterocycles. The van der Waals surface area contributed by atoms with E-state index in [0.717, 1.165) is 17.7 Å². The average Bonchev–Trinajstić information content (AvgIpc) is 2.90. The Hall–Kier alpha value is -3.36. The molecule has 1 aliphatic rings. The topological polar surface area (TPSA) is 78.5 Å². The quantitative estimate of drug-likeness (QED) is 0.706. The van der Waals surface area contributed by atoms with Crippen LogP contribution in [0.1, 0.15) is 30.0 Å². The van der Waals surface area contributed by atoms with E-state index in [1.165, 1.54) is 12.1 Å². The SMILES string of the molecule is CC1(CCc2ccccc2)NC(=O)N(NC(=O)Cc2ccc(C(F)(F)F)cc2)C1=O. The lowest BCUT2D eigenvalue weighted by Crippen LogP contribution is -2.49. The summed E-state index contributed by atoms with van der Waals surface area (Å²) in [6.07, 6.45) is -3.86. The minimum absolute atomic E-state index is 0.282. The average molecular weight is 419 g/mol. The van der Waals surface area contributed by atoms with Crippen molar-refractivity contribution in [1.82, 2.24) is 15.8 Å². The number of nitrogens with one attached hydrogen (secondary N) is 2. The van der Waals surface area contributed by atoms with Gasteiger partial charge in [-0.15, -0.1) is 0 Å². The molecule has 1 atom stereocenters. The van der Waals surface area contributed by atoms with Crippen LogP contribution < -0.4 is 10.7 Å². The molecule has 2 aromatic rings. The van der Waals surface area contributed by atoms with Crippen LogP contribution in [0.2, 0.25) is 0 Å². The number of halogens is 3. The van der Waals surface area contributed by atoms with Gasteiger partial charge in [0.1, 0.15) is 5.54 Å². The Bertz CT molecular complexity index is 945. The summed E-state index contributed by atoms with van der Waals surface area (Å²) in [5, 5.41) is 3.21. The molecule has 2 aromatic carbocycles. The highest BCUT2D eigenvalue weighted by Crippen LogP contribution is 2.29. The van der Waals surface area contributed by atoms with Crippen LogP contribution >= 0.6 is 0 Å². The van der Waals surface area contributed by atoms with Gasteiger partial charge < -0.3 is 5.32 Å². The molecule has 4 amide bonds. The first-order valence-corrected chi connectivity index (χ1v) is 9.25. The molecule has 3 rings (SSSR count). The molecule has 9 heteroatoms. The van der Waals surface area contributed by atoms with Crippen LogP contribution in [0.3, 0.4) is 0 Å². The lowest BCUT2D eigenvalue weighted by molar-refractivity contribution is -0.138. The number of hydrogen-bond acceptors (Lipinski definition) is 3. The van der Waals surface area contributed by atoms with Gasteiger partial charge in [0, 0.05) is 0 Å². The number of nitrogens with zero attached hydrogens (tertiary/aromatic N) is 1. The first-order chi connectivity index (χ1) is 14.1. The molecule has 0 radical (unpaired) electrons. The van der Waals surface area contributed by atoms with Crippen molar-refractivity contribution in [1.29, 1.82) is 0 Å². The van der Waals surface area contributed by atoms with Crippen LogP contribution in [0, 0.1) is 0 Å². The third-order valence-electron chi connectivity index (χ3n) is 4.90. The first kappa shape index (κ1) is 21.4. The number of carbonyl (C=O) groups excluding carboxylic acids is 3. The van der Waals surface area contributed by atoms with Crippen LogP contribution in [0.15, 0.2) is 54.6 Å². The van der Waals surface area contributed by atoms with Gasteiger partial charge in [-0.2, -0.15) is 18.2 Å². The summed E-state index contributed by atoms with van der Waals surface area (Å²) in [6, 6.07) is 12.8. The molecule has 0 aromatic heterocycles. The van der Waals surface area contributed by atoms with Gasteiger partial charge in [-0.05, 0) is 43.0 Å². The summed E-state index contributed by atoms with van der Waals surface area (Å²) >= 11 is 0. The molecule has 0 aliphatic carbocycles. The van der Waals surface area contributed by atoms with Gasteiger partial charge in [-0.25, -0.2) is 4.79 Å². The zero-order valence-electron chi connectivity index (χ0n) is 16.1. The number of hydrogen-bond donors (Lipinski definition) is 2. The number of rotatable bonds is 6. The summed E-state index contributed by atoms with van der Waals surface area (Å²) in [7, 11) is 0. The van der Waals surface area contributed by atoms with E-state index >= 15 is 0 Å². The Kier molecular flexibility index (Phi) is 5.82. The molecule has 1 unspecified atom stereocenters. The largest absolute Gasteiger partial charge is 0.416 e. The molecule has 1 aliphatic heterocycles.